The molecule has 1 fully saturated rings. The molecule has 37 heavy (non-hydrogen) atoms. The van der Waals surface area contributed by atoms with Gasteiger partial charge in [-0.3, -0.25) is 0 Å². The topological polar surface area (TPSA) is 18.5 Å². The zero-order valence-corrected chi connectivity index (χ0v) is 28.4. The first-order chi connectivity index (χ1) is 17.0. The van der Waals surface area contributed by atoms with Gasteiger partial charge in [0.2, 0.25) is 0 Å². The summed E-state index contributed by atoms with van der Waals surface area (Å²) in [6.07, 6.45) is 18.0. The smallest absolute Gasteiger partial charge is 0.192 e. The molecular weight excluding hydrogens is 485 g/mol. The summed E-state index contributed by atoms with van der Waals surface area (Å²) in [5, 5.41) is 0.368. The van der Waals surface area contributed by atoms with Crippen molar-refractivity contribution >= 4 is 16.6 Å². The van der Waals surface area contributed by atoms with E-state index in [0.717, 1.165) is 6.61 Å². The van der Waals surface area contributed by atoms with Crippen LogP contribution in [0, 0.1) is 29.1 Å². The molecule has 2 bridgehead atoms. The summed E-state index contributed by atoms with van der Waals surface area (Å²) < 4.78 is 13.8. The Hall–Kier alpha value is -0.686. The molecule has 0 unspecified atom stereocenters. The number of allylic oxidation sites excluding steroid dienone is 5. The van der Waals surface area contributed by atoms with Gasteiger partial charge in [0.15, 0.2) is 16.6 Å². The largest absolute Gasteiger partial charge is 0.416 e. The Kier molecular flexibility index (Phi) is 10.7. The Morgan fingerprint density at radius 1 is 0.892 bits per heavy atom. The zero-order chi connectivity index (χ0) is 28.3. The molecule has 0 spiro atoms. The van der Waals surface area contributed by atoms with Crippen LogP contribution in [-0.4, -0.2) is 29.8 Å². The molecule has 2 aliphatic carbocycles. The summed E-state index contributed by atoms with van der Waals surface area (Å²) in [6.45, 7) is 36.1. The minimum Gasteiger partial charge on any atom is -0.416 e. The predicted octanol–water partition coefficient (Wildman–Crippen LogP) is 10.3. The lowest BCUT2D eigenvalue weighted by molar-refractivity contribution is 0.106. The predicted molar refractivity (Wildman–Crippen MR) is 169 cm³/mol. The molecule has 0 aliphatic heterocycles. The fourth-order valence-corrected chi connectivity index (χ4v) is 7.89. The highest BCUT2D eigenvalue weighted by atomic mass is 28.4. The molecule has 5 atom stereocenters. The van der Waals surface area contributed by atoms with Gasteiger partial charge in [-0.15, -0.1) is 6.58 Å². The van der Waals surface area contributed by atoms with Crippen molar-refractivity contribution in [2.24, 2.45) is 29.1 Å². The van der Waals surface area contributed by atoms with Gasteiger partial charge in [0, 0.05) is 12.0 Å². The molecule has 0 radical (unpaired) electrons. The van der Waals surface area contributed by atoms with Crippen LogP contribution in [0.25, 0.3) is 0 Å². The van der Waals surface area contributed by atoms with Crippen molar-refractivity contribution in [1.82, 2.24) is 0 Å². The van der Waals surface area contributed by atoms with Gasteiger partial charge < -0.3 is 8.85 Å². The Morgan fingerprint density at radius 2 is 1.46 bits per heavy atom. The van der Waals surface area contributed by atoms with E-state index in [1.165, 1.54) is 37.7 Å². The first kappa shape index (κ1) is 32.5. The van der Waals surface area contributed by atoms with Crippen LogP contribution in [0.2, 0.25) is 36.3 Å². The SMILES string of the molecule is C=C[C@@H]1[C@@H](CCCCC/C=C/C)[C@@H]2C=C[C@H]1[C@@]2(CO[Si](C)(C)C(C)(C)C)C(=C)CO[Si](C)(C)C(C)(C)C. The molecular formula is C33H60O2Si2. The molecule has 1 saturated carbocycles. The number of hydrogen-bond donors (Lipinski definition) is 0. The highest BCUT2D eigenvalue weighted by Gasteiger charge is 2.62. The molecule has 0 saturated heterocycles. The van der Waals surface area contributed by atoms with Crippen LogP contribution in [0.4, 0.5) is 0 Å². The van der Waals surface area contributed by atoms with Crippen LogP contribution in [0.3, 0.4) is 0 Å². The number of rotatable bonds is 14. The Morgan fingerprint density at radius 3 is 2.00 bits per heavy atom. The summed E-state index contributed by atoms with van der Waals surface area (Å²) >= 11 is 0. The third-order valence-electron chi connectivity index (χ3n) is 10.6. The monoisotopic (exact) mass is 544 g/mol. The lowest BCUT2D eigenvalue weighted by Gasteiger charge is -2.44. The van der Waals surface area contributed by atoms with E-state index in [9.17, 15) is 0 Å². The summed E-state index contributed by atoms with van der Waals surface area (Å²) in [5.41, 5.74) is 1.16. The Bertz CT molecular complexity index is 839. The second-order valence-electron chi connectivity index (χ2n) is 14.9. The Balaban J connectivity index is 2.34. The van der Waals surface area contributed by atoms with Crippen molar-refractivity contribution in [3.63, 3.8) is 0 Å². The first-order valence-corrected chi connectivity index (χ1v) is 20.7. The summed E-state index contributed by atoms with van der Waals surface area (Å²) in [4.78, 5) is 0. The lowest BCUT2D eigenvalue weighted by Crippen LogP contribution is -2.48. The van der Waals surface area contributed by atoms with E-state index in [2.05, 4.69) is 112 Å². The molecule has 0 N–H and O–H groups in total. The molecule has 0 aromatic rings. The fraction of sp³-hybridized carbons (Fsp3) is 0.758. The van der Waals surface area contributed by atoms with Crippen LogP contribution in [-0.2, 0) is 8.85 Å². The summed E-state index contributed by atoms with van der Waals surface area (Å²) in [6, 6.07) is 0. The third kappa shape index (κ3) is 6.91. The molecule has 0 aromatic heterocycles. The second kappa shape index (κ2) is 12.2. The van der Waals surface area contributed by atoms with Gasteiger partial charge in [0.1, 0.15) is 0 Å². The van der Waals surface area contributed by atoms with E-state index in [1.54, 1.807) is 0 Å². The van der Waals surface area contributed by atoms with E-state index in [1.807, 2.05) is 0 Å². The molecule has 2 aliphatic rings. The first-order valence-electron chi connectivity index (χ1n) is 14.8. The summed E-state index contributed by atoms with van der Waals surface area (Å²) in [7, 11) is -3.80. The fourth-order valence-electron chi connectivity index (χ4n) is 5.89. The third-order valence-corrected chi connectivity index (χ3v) is 19.5. The highest BCUT2D eigenvalue weighted by molar-refractivity contribution is 6.74. The van der Waals surface area contributed by atoms with Crippen LogP contribution in [0.5, 0.6) is 0 Å². The van der Waals surface area contributed by atoms with Crippen LogP contribution in [0.15, 0.2) is 49.1 Å². The van der Waals surface area contributed by atoms with Gasteiger partial charge >= 0.3 is 0 Å². The molecule has 0 heterocycles. The minimum atomic E-state index is -1.92. The maximum Gasteiger partial charge on any atom is 0.192 e. The van der Waals surface area contributed by atoms with E-state index >= 15 is 0 Å². The van der Waals surface area contributed by atoms with Gasteiger partial charge in [-0.05, 0) is 91.7 Å². The molecule has 212 valence electrons. The zero-order valence-electron chi connectivity index (χ0n) is 26.4. The van der Waals surface area contributed by atoms with Crippen molar-refractivity contribution in [1.29, 1.82) is 0 Å². The average molecular weight is 545 g/mol. The van der Waals surface area contributed by atoms with E-state index in [0.29, 0.717) is 30.3 Å². The molecule has 0 amide bonds. The number of fused-ring (bicyclic) bond motifs is 2. The normalized spacial score (nSPS) is 28.4. The minimum absolute atomic E-state index is 0.0909. The maximum atomic E-state index is 7.05. The summed E-state index contributed by atoms with van der Waals surface area (Å²) in [5.74, 6) is 1.96. The maximum absolute atomic E-state index is 7.05. The van der Waals surface area contributed by atoms with Gasteiger partial charge in [-0.1, -0.05) is 91.3 Å². The van der Waals surface area contributed by atoms with E-state index < -0.39 is 16.6 Å². The van der Waals surface area contributed by atoms with E-state index in [4.69, 9.17) is 15.4 Å². The van der Waals surface area contributed by atoms with Crippen LogP contribution >= 0.6 is 0 Å². The van der Waals surface area contributed by atoms with Gasteiger partial charge in [-0.2, -0.15) is 0 Å². The van der Waals surface area contributed by atoms with Crippen LogP contribution < -0.4 is 0 Å². The van der Waals surface area contributed by atoms with Gasteiger partial charge in [0.05, 0.1) is 6.61 Å². The lowest BCUT2D eigenvalue weighted by atomic mass is 9.70. The van der Waals surface area contributed by atoms with Crippen molar-refractivity contribution in [3.05, 3.63) is 49.1 Å². The highest BCUT2D eigenvalue weighted by Crippen LogP contribution is 2.64. The molecule has 2 nitrogen and oxygen atoms in total. The average Bonchev–Trinajstić information content (AvgIpc) is 3.27. The quantitative estimate of drug-likeness (QED) is 0.123. The standard InChI is InChI=1S/C33H60O2Si2/c1-14-16-17-18-19-20-21-28-27(15-2)29-22-23-30(28)33(29,25-35-37(12,13)32(7,8)9)26(3)24-34-36(10,11)31(4,5)6/h14-16,22-23,27-30H,2-3,17-21,24-25H2,1,4-13H3/b16-14+/t27-,28-,29-,30+,33-/m1/s1. The number of unbranched alkanes of at least 4 members (excludes halogenated alkanes) is 3. The van der Waals surface area contributed by atoms with Crippen molar-refractivity contribution < 1.29 is 8.85 Å². The number of hydrogen-bond acceptors (Lipinski definition) is 2. The van der Waals surface area contributed by atoms with Gasteiger partial charge in [-0.25, -0.2) is 0 Å². The van der Waals surface area contributed by atoms with Crippen molar-refractivity contribution in [2.75, 3.05) is 13.2 Å². The van der Waals surface area contributed by atoms with Crippen molar-refractivity contribution in [3.8, 4) is 0 Å². The Labute approximate surface area is 233 Å². The molecule has 2 rings (SSSR count). The molecule has 4 heteroatoms. The van der Waals surface area contributed by atoms with E-state index in [-0.39, 0.29) is 15.5 Å². The van der Waals surface area contributed by atoms with Crippen LogP contribution in [0.1, 0.15) is 80.6 Å². The van der Waals surface area contributed by atoms with Gasteiger partial charge in [0.25, 0.3) is 0 Å². The molecule has 0 aromatic carbocycles. The second-order valence-corrected chi connectivity index (χ2v) is 24.5. The van der Waals surface area contributed by atoms with Crippen molar-refractivity contribution in [2.45, 2.75) is 117 Å².